The molecule has 0 saturated carbocycles. The van der Waals surface area contributed by atoms with Gasteiger partial charge < -0.3 is 5.73 Å². The summed E-state index contributed by atoms with van der Waals surface area (Å²) < 4.78 is 26.3. The van der Waals surface area contributed by atoms with Crippen molar-refractivity contribution in [2.45, 2.75) is 18.2 Å². The summed E-state index contributed by atoms with van der Waals surface area (Å²) in [4.78, 5) is 9.89. The maximum absolute atomic E-state index is 12.0. The van der Waals surface area contributed by atoms with E-state index in [0.29, 0.717) is 18.5 Å². The summed E-state index contributed by atoms with van der Waals surface area (Å²) in [6, 6.07) is 2.22. The SMILES string of the molecule is Cc1cc(Cl)c([N+](=O)[O-])cc1S(=O)(=O)NCCCN. The number of aryl methyl sites for hydroxylation is 1. The van der Waals surface area contributed by atoms with Gasteiger partial charge in [0, 0.05) is 12.6 Å². The van der Waals surface area contributed by atoms with Gasteiger partial charge in [0.1, 0.15) is 5.02 Å². The fraction of sp³-hybridized carbons (Fsp3) is 0.400. The highest BCUT2D eigenvalue weighted by molar-refractivity contribution is 7.89. The van der Waals surface area contributed by atoms with Crippen molar-refractivity contribution in [3.05, 3.63) is 32.8 Å². The second-order valence-corrected chi connectivity index (χ2v) is 6.01. The van der Waals surface area contributed by atoms with Gasteiger partial charge in [-0.15, -0.1) is 0 Å². The van der Waals surface area contributed by atoms with Crippen LogP contribution in [0, 0.1) is 17.0 Å². The first-order chi connectivity index (χ1) is 8.79. The normalized spacial score (nSPS) is 11.5. The Morgan fingerprint density at radius 1 is 1.47 bits per heavy atom. The van der Waals surface area contributed by atoms with Crippen LogP contribution in [-0.4, -0.2) is 26.4 Å². The first-order valence-electron chi connectivity index (χ1n) is 5.44. The molecule has 0 unspecified atom stereocenters. The lowest BCUT2D eigenvalue weighted by Crippen LogP contribution is -2.27. The van der Waals surface area contributed by atoms with Crippen molar-refractivity contribution in [3.8, 4) is 0 Å². The Morgan fingerprint density at radius 3 is 2.63 bits per heavy atom. The molecule has 0 aliphatic rings. The van der Waals surface area contributed by atoms with Crippen LogP contribution in [-0.2, 0) is 10.0 Å². The van der Waals surface area contributed by atoms with E-state index in [-0.39, 0.29) is 16.5 Å². The number of hydrogen-bond acceptors (Lipinski definition) is 5. The Hall–Kier alpha value is -1.22. The number of nitrogens with zero attached hydrogens (tertiary/aromatic N) is 1. The van der Waals surface area contributed by atoms with Crippen molar-refractivity contribution in [3.63, 3.8) is 0 Å². The summed E-state index contributed by atoms with van der Waals surface area (Å²) in [5, 5.41) is 10.7. The van der Waals surface area contributed by atoms with E-state index in [4.69, 9.17) is 17.3 Å². The molecule has 1 aromatic rings. The molecule has 0 radical (unpaired) electrons. The Labute approximate surface area is 115 Å². The van der Waals surface area contributed by atoms with Crippen molar-refractivity contribution in [2.24, 2.45) is 5.73 Å². The van der Waals surface area contributed by atoms with Crippen molar-refractivity contribution >= 4 is 27.3 Å². The average Bonchev–Trinajstić information content (AvgIpc) is 2.28. The van der Waals surface area contributed by atoms with Gasteiger partial charge in [-0.05, 0) is 31.5 Å². The molecule has 0 saturated heterocycles. The molecule has 1 rings (SSSR count). The lowest BCUT2D eigenvalue weighted by Gasteiger charge is -2.09. The number of hydrogen-bond donors (Lipinski definition) is 2. The van der Waals surface area contributed by atoms with E-state index in [1.165, 1.54) is 13.0 Å². The average molecular weight is 308 g/mol. The van der Waals surface area contributed by atoms with Gasteiger partial charge in [0.2, 0.25) is 10.0 Å². The van der Waals surface area contributed by atoms with Crippen molar-refractivity contribution in [1.29, 1.82) is 0 Å². The first-order valence-corrected chi connectivity index (χ1v) is 7.30. The number of nitro groups is 1. The fourth-order valence-electron chi connectivity index (χ4n) is 1.46. The monoisotopic (exact) mass is 307 g/mol. The van der Waals surface area contributed by atoms with Crippen LogP contribution in [0.5, 0.6) is 0 Å². The number of sulfonamides is 1. The molecule has 0 aromatic heterocycles. The van der Waals surface area contributed by atoms with Crippen LogP contribution < -0.4 is 10.5 Å². The van der Waals surface area contributed by atoms with E-state index in [9.17, 15) is 18.5 Å². The number of nitrogens with two attached hydrogens (primary N) is 1. The molecule has 1 aromatic carbocycles. The van der Waals surface area contributed by atoms with Crippen LogP contribution in [0.25, 0.3) is 0 Å². The van der Waals surface area contributed by atoms with Gasteiger partial charge in [-0.25, -0.2) is 13.1 Å². The number of rotatable bonds is 6. The smallest absolute Gasteiger partial charge is 0.289 e. The van der Waals surface area contributed by atoms with Gasteiger partial charge in [-0.3, -0.25) is 10.1 Å². The number of benzene rings is 1. The highest BCUT2D eigenvalue weighted by atomic mass is 35.5. The highest BCUT2D eigenvalue weighted by Crippen LogP contribution is 2.29. The molecule has 3 N–H and O–H groups in total. The predicted molar refractivity (Wildman–Crippen MR) is 71.7 cm³/mol. The van der Waals surface area contributed by atoms with Crippen LogP contribution in [0.15, 0.2) is 17.0 Å². The molecular weight excluding hydrogens is 294 g/mol. The third-order valence-corrected chi connectivity index (χ3v) is 4.31. The van der Waals surface area contributed by atoms with E-state index in [1.807, 2.05) is 0 Å². The topological polar surface area (TPSA) is 115 Å². The Morgan fingerprint density at radius 2 is 2.11 bits per heavy atom. The van der Waals surface area contributed by atoms with Gasteiger partial charge in [0.05, 0.1) is 9.82 Å². The third kappa shape index (κ3) is 3.87. The maximum atomic E-state index is 12.0. The Bertz CT molecular complexity index is 589. The summed E-state index contributed by atoms with van der Waals surface area (Å²) in [7, 11) is -3.80. The summed E-state index contributed by atoms with van der Waals surface area (Å²) >= 11 is 5.70. The molecule has 7 nitrogen and oxygen atoms in total. The molecule has 0 heterocycles. The molecule has 106 valence electrons. The fourth-order valence-corrected chi connectivity index (χ4v) is 3.06. The van der Waals surface area contributed by atoms with Crippen LogP contribution in [0.1, 0.15) is 12.0 Å². The maximum Gasteiger partial charge on any atom is 0.289 e. The van der Waals surface area contributed by atoms with Crippen molar-refractivity contribution < 1.29 is 13.3 Å². The molecule has 0 fully saturated rings. The quantitative estimate of drug-likeness (QED) is 0.465. The van der Waals surface area contributed by atoms with E-state index in [0.717, 1.165) is 6.07 Å². The Kier molecular flexibility index (Phi) is 5.24. The summed E-state index contributed by atoms with van der Waals surface area (Å²) in [6.45, 7) is 2.05. The lowest BCUT2D eigenvalue weighted by molar-refractivity contribution is -0.384. The molecule has 9 heteroatoms. The van der Waals surface area contributed by atoms with Gasteiger partial charge in [0.25, 0.3) is 5.69 Å². The highest BCUT2D eigenvalue weighted by Gasteiger charge is 2.22. The predicted octanol–water partition coefficient (Wildman–Crippen LogP) is 1.18. The summed E-state index contributed by atoms with van der Waals surface area (Å²) in [5.41, 5.74) is 5.17. The minimum absolute atomic E-state index is 0.0941. The van der Waals surface area contributed by atoms with E-state index in [2.05, 4.69) is 4.72 Å². The number of nitro benzene ring substituents is 1. The van der Waals surface area contributed by atoms with Gasteiger partial charge in [-0.2, -0.15) is 0 Å². The van der Waals surface area contributed by atoms with Crippen molar-refractivity contribution in [2.75, 3.05) is 13.1 Å². The largest absolute Gasteiger partial charge is 0.330 e. The molecule has 19 heavy (non-hydrogen) atoms. The first kappa shape index (κ1) is 15.8. The second-order valence-electron chi connectivity index (χ2n) is 3.87. The Balaban J connectivity index is 3.19. The second kappa shape index (κ2) is 6.29. The van der Waals surface area contributed by atoms with E-state index >= 15 is 0 Å². The summed E-state index contributed by atoms with van der Waals surface area (Å²) in [5.74, 6) is 0. The zero-order valence-corrected chi connectivity index (χ0v) is 11.8. The zero-order valence-electron chi connectivity index (χ0n) is 10.2. The summed E-state index contributed by atoms with van der Waals surface area (Å²) in [6.07, 6.45) is 0.480. The molecule has 0 aliphatic heterocycles. The molecule has 0 aliphatic carbocycles. The van der Waals surface area contributed by atoms with Gasteiger partial charge >= 0.3 is 0 Å². The van der Waals surface area contributed by atoms with Crippen LogP contribution in [0.4, 0.5) is 5.69 Å². The van der Waals surface area contributed by atoms with Crippen LogP contribution in [0.2, 0.25) is 5.02 Å². The van der Waals surface area contributed by atoms with Gasteiger partial charge in [0.15, 0.2) is 0 Å². The van der Waals surface area contributed by atoms with Gasteiger partial charge in [-0.1, -0.05) is 11.6 Å². The minimum Gasteiger partial charge on any atom is -0.330 e. The van der Waals surface area contributed by atoms with Crippen LogP contribution >= 0.6 is 11.6 Å². The van der Waals surface area contributed by atoms with Crippen LogP contribution in [0.3, 0.4) is 0 Å². The molecular formula is C10H14ClN3O4S. The standard InChI is InChI=1S/C10H14ClN3O4S/c1-7-5-8(11)9(14(15)16)6-10(7)19(17,18)13-4-2-3-12/h5-6,13H,2-4,12H2,1H3. The van der Waals surface area contributed by atoms with E-state index in [1.54, 1.807) is 0 Å². The minimum atomic E-state index is -3.80. The zero-order chi connectivity index (χ0) is 14.6. The number of halogens is 1. The molecule has 0 atom stereocenters. The van der Waals surface area contributed by atoms with Crippen molar-refractivity contribution in [1.82, 2.24) is 4.72 Å². The third-order valence-electron chi connectivity index (χ3n) is 2.40. The van der Waals surface area contributed by atoms with E-state index < -0.39 is 20.6 Å². The molecule has 0 amide bonds. The number of nitrogens with one attached hydrogen (secondary N) is 1. The molecule has 0 bridgehead atoms. The lowest BCUT2D eigenvalue weighted by atomic mass is 10.2. The molecule has 0 spiro atoms.